The summed E-state index contributed by atoms with van der Waals surface area (Å²) in [6, 6.07) is 0. The fraction of sp³-hybridized carbons (Fsp3) is 0.778. The van der Waals surface area contributed by atoms with Crippen molar-refractivity contribution in [1.29, 1.82) is 0 Å². The minimum absolute atomic E-state index is 0.186. The lowest BCUT2D eigenvalue weighted by atomic mass is 9.97. The van der Waals surface area contributed by atoms with Crippen molar-refractivity contribution in [2.24, 2.45) is 11.1 Å². The van der Waals surface area contributed by atoms with Crippen LogP contribution in [0.3, 0.4) is 0 Å². The molecule has 2 atom stereocenters. The second-order valence-electron chi connectivity index (χ2n) is 2.98. The van der Waals surface area contributed by atoms with Crippen LogP contribution >= 0.6 is 0 Å². The minimum Gasteiger partial charge on any atom is -0.465 e. The molecule has 1 heterocycles. The molecule has 0 fully saturated rings. The molecule has 0 aliphatic carbocycles. The summed E-state index contributed by atoms with van der Waals surface area (Å²) in [7, 11) is 0. The molecule has 0 saturated heterocycles. The van der Waals surface area contributed by atoms with Crippen molar-refractivity contribution in [2.75, 3.05) is 6.61 Å². The average Bonchev–Trinajstić information content (AvgIpc) is 2.47. The fourth-order valence-electron chi connectivity index (χ4n) is 1.38. The Balaban J connectivity index is 2.65. The molecule has 0 bridgehead atoms. The molecule has 74 valence electrons. The first-order chi connectivity index (χ1) is 6.20. The van der Waals surface area contributed by atoms with Gasteiger partial charge in [0.1, 0.15) is 12.0 Å². The largest absolute Gasteiger partial charge is 0.465 e. The number of esters is 1. The van der Waals surface area contributed by atoms with Crippen LogP contribution in [0.1, 0.15) is 27.2 Å². The number of rotatable bonds is 3. The van der Waals surface area contributed by atoms with Crippen molar-refractivity contribution < 1.29 is 14.4 Å². The van der Waals surface area contributed by atoms with Gasteiger partial charge in [-0.25, -0.2) is 0 Å². The second kappa shape index (κ2) is 4.25. The summed E-state index contributed by atoms with van der Waals surface area (Å²) in [6.45, 7) is 5.97. The summed E-state index contributed by atoms with van der Waals surface area (Å²) in [6.07, 6.45) is 0.544. The lowest BCUT2D eigenvalue weighted by Crippen LogP contribution is -2.30. The van der Waals surface area contributed by atoms with Crippen LogP contribution in [0.5, 0.6) is 0 Å². The highest BCUT2D eigenvalue weighted by Gasteiger charge is 2.36. The van der Waals surface area contributed by atoms with E-state index < -0.39 is 0 Å². The molecular weight excluding hydrogens is 170 g/mol. The first kappa shape index (κ1) is 10.0. The molecule has 1 aliphatic heterocycles. The van der Waals surface area contributed by atoms with E-state index in [1.54, 1.807) is 6.92 Å². The van der Waals surface area contributed by atoms with Gasteiger partial charge in [0.05, 0.1) is 12.3 Å². The van der Waals surface area contributed by atoms with Gasteiger partial charge >= 0.3 is 5.97 Å². The van der Waals surface area contributed by atoms with Gasteiger partial charge < -0.3 is 9.57 Å². The first-order valence-corrected chi connectivity index (χ1v) is 4.59. The van der Waals surface area contributed by atoms with E-state index in [1.165, 1.54) is 0 Å². The van der Waals surface area contributed by atoms with E-state index in [0.717, 1.165) is 12.1 Å². The number of oxime groups is 1. The van der Waals surface area contributed by atoms with Gasteiger partial charge in [-0.1, -0.05) is 12.1 Å². The monoisotopic (exact) mass is 185 g/mol. The van der Waals surface area contributed by atoms with Crippen molar-refractivity contribution in [3.8, 4) is 0 Å². The number of hydrogen-bond acceptors (Lipinski definition) is 4. The van der Waals surface area contributed by atoms with Gasteiger partial charge in [-0.15, -0.1) is 0 Å². The van der Waals surface area contributed by atoms with Gasteiger partial charge in [0.15, 0.2) is 0 Å². The molecule has 0 spiro atoms. The van der Waals surface area contributed by atoms with E-state index in [-0.39, 0.29) is 18.0 Å². The van der Waals surface area contributed by atoms with E-state index >= 15 is 0 Å². The molecule has 0 saturated carbocycles. The molecule has 0 aromatic heterocycles. The Labute approximate surface area is 77.9 Å². The second-order valence-corrected chi connectivity index (χ2v) is 2.98. The summed E-state index contributed by atoms with van der Waals surface area (Å²) in [5.74, 6) is -0.530. The van der Waals surface area contributed by atoms with Crippen molar-refractivity contribution in [3.05, 3.63) is 0 Å². The zero-order chi connectivity index (χ0) is 9.84. The zero-order valence-corrected chi connectivity index (χ0v) is 8.24. The summed E-state index contributed by atoms with van der Waals surface area (Å²) < 4.78 is 4.93. The molecule has 4 nitrogen and oxygen atoms in total. The summed E-state index contributed by atoms with van der Waals surface area (Å²) in [5, 5.41) is 3.84. The van der Waals surface area contributed by atoms with E-state index in [0.29, 0.717) is 6.61 Å². The normalized spacial score (nSPS) is 26.5. The molecule has 0 radical (unpaired) electrons. The Morgan fingerprint density at radius 3 is 2.85 bits per heavy atom. The van der Waals surface area contributed by atoms with Crippen molar-refractivity contribution in [3.63, 3.8) is 0 Å². The van der Waals surface area contributed by atoms with Crippen molar-refractivity contribution in [1.82, 2.24) is 0 Å². The maximum atomic E-state index is 11.4. The van der Waals surface area contributed by atoms with E-state index in [1.807, 2.05) is 13.8 Å². The van der Waals surface area contributed by atoms with E-state index in [9.17, 15) is 4.79 Å². The van der Waals surface area contributed by atoms with Crippen LogP contribution in [-0.2, 0) is 14.4 Å². The molecule has 0 N–H and O–H groups in total. The Morgan fingerprint density at radius 2 is 2.31 bits per heavy atom. The van der Waals surface area contributed by atoms with Gasteiger partial charge in [0.2, 0.25) is 0 Å². The quantitative estimate of drug-likeness (QED) is 0.623. The van der Waals surface area contributed by atoms with Crippen LogP contribution in [0.4, 0.5) is 0 Å². The number of carbonyl (C=O) groups excluding carboxylic acids is 1. The topological polar surface area (TPSA) is 47.9 Å². The zero-order valence-electron chi connectivity index (χ0n) is 8.24. The summed E-state index contributed by atoms with van der Waals surface area (Å²) in [5.41, 5.74) is 0.783. The minimum atomic E-state index is -0.301. The number of carbonyl (C=O) groups is 1. The third kappa shape index (κ3) is 1.99. The van der Waals surface area contributed by atoms with Crippen molar-refractivity contribution >= 4 is 11.7 Å². The highest BCUT2D eigenvalue weighted by Crippen LogP contribution is 2.21. The molecule has 13 heavy (non-hydrogen) atoms. The average molecular weight is 185 g/mol. The van der Waals surface area contributed by atoms with Crippen LogP contribution in [0.15, 0.2) is 5.16 Å². The molecule has 0 amide bonds. The standard InChI is InChI=1S/C9H15NO3/c1-4-7-8(6(3)13-10-7)9(11)12-5-2/h6,8H,4-5H2,1-3H3/t6-,8+/m0/s1. The smallest absolute Gasteiger partial charge is 0.318 e. The summed E-state index contributed by atoms with van der Waals surface area (Å²) in [4.78, 5) is 16.5. The molecule has 1 rings (SSSR count). The predicted octanol–water partition coefficient (Wildman–Crippen LogP) is 1.35. The SMILES string of the molecule is CCOC(=O)[C@H]1C(CC)=NO[C@H]1C. The molecule has 0 aromatic rings. The van der Waals surface area contributed by atoms with Gasteiger partial charge in [-0.3, -0.25) is 4.79 Å². The van der Waals surface area contributed by atoms with Gasteiger partial charge in [0, 0.05) is 0 Å². The van der Waals surface area contributed by atoms with Crippen LogP contribution in [-0.4, -0.2) is 24.4 Å². The van der Waals surface area contributed by atoms with Gasteiger partial charge in [-0.2, -0.15) is 0 Å². The lowest BCUT2D eigenvalue weighted by molar-refractivity contribution is -0.148. The molecule has 1 aliphatic rings. The third-order valence-electron chi connectivity index (χ3n) is 2.07. The molecular formula is C9H15NO3. The Hall–Kier alpha value is -1.06. The number of ether oxygens (including phenoxy) is 1. The van der Waals surface area contributed by atoms with Crippen LogP contribution in [0, 0.1) is 5.92 Å². The first-order valence-electron chi connectivity index (χ1n) is 4.59. The highest BCUT2D eigenvalue weighted by molar-refractivity contribution is 6.03. The summed E-state index contributed by atoms with van der Waals surface area (Å²) >= 11 is 0. The lowest BCUT2D eigenvalue weighted by Gasteiger charge is -2.12. The maximum Gasteiger partial charge on any atom is 0.318 e. The highest BCUT2D eigenvalue weighted by atomic mass is 16.6. The number of hydrogen-bond donors (Lipinski definition) is 0. The predicted molar refractivity (Wildman–Crippen MR) is 48.4 cm³/mol. The van der Waals surface area contributed by atoms with Gasteiger partial charge in [-0.05, 0) is 20.3 Å². The Kier molecular flexibility index (Phi) is 3.28. The van der Waals surface area contributed by atoms with E-state index in [4.69, 9.17) is 9.57 Å². The molecule has 4 heteroatoms. The third-order valence-corrected chi connectivity index (χ3v) is 2.07. The van der Waals surface area contributed by atoms with Crippen LogP contribution in [0.2, 0.25) is 0 Å². The number of nitrogens with zero attached hydrogens (tertiary/aromatic N) is 1. The van der Waals surface area contributed by atoms with E-state index in [2.05, 4.69) is 5.16 Å². The molecule has 0 unspecified atom stereocenters. The fourth-order valence-corrected chi connectivity index (χ4v) is 1.38. The Bertz CT molecular complexity index is 225. The van der Waals surface area contributed by atoms with Crippen molar-refractivity contribution in [2.45, 2.75) is 33.3 Å². The van der Waals surface area contributed by atoms with Crippen LogP contribution in [0.25, 0.3) is 0 Å². The maximum absolute atomic E-state index is 11.4. The molecule has 0 aromatic carbocycles. The van der Waals surface area contributed by atoms with Gasteiger partial charge in [0.25, 0.3) is 0 Å². The van der Waals surface area contributed by atoms with Crippen LogP contribution < -0.4 is 0 Å². The Morgan fingerprint density at radius 1 is 1.62 bits per heavy atom.